The minimum absolute atomic E-state index is 0.133. The van der Waals surface area contributed by atoms with Crippen LogP contribution in [-0.4, -0.2) is 53.4 Å². The molecule has 7 heteroatoms. The van der Waals surface area contributed by atoms with Gasteiger partial charge in [0, 0.05) is 13.1 Å². The Balaban J connectivity index is 1.72. The molecule has 3 amide bonds. The summed E-state index contributed by atoms with van der Waals surface area (Å²) in [5.74, 6) is 0.795. The Morgan fingerprint density at radius 3 is 2.67 bits per heavy atom. The van der Waals surface area contributed by atoms with Gasteiger partial charge < -0.3 is 14.1 Å². The molecule has 2 aliphatic heterocycles. The van der Waals surface area contributed by atoms with Crippen molar-refractivity contribution in [2.45, 2.75) is 26.3 Å². The quantitative estimate of drug-likeness (QED) is 0.815. The number of amides is 3. The number of ether oxygens (including phenoxy) is 1. The van der Waals surface area contributed by atoms with Crippen molar-refractivity contribution in [2.24, 2.45) is 0 Å². The molecule has 0 aromatic carbocycles. The van der Waals surface area contributed by atoms with Crippen LogP contribution in [0.4, 0.5) is 4.79 Å². The van der Waals surface area contributed by atoms with Gasteiger partial charge >= 0.3 is 6.09 Å². The minimum Gasteiger partial charge on any atom is -0.466 e. The number of aryl methyl sites for hydroxylation is 2. The normalized spacial score (nSPS) is 22.1. The van der Waals surface area contributed by atoms with Gasteiger partial charge in [0.15, 0.2) is 6.61 Å². The number of imide groups is 1. The van der Waals surface area contributed by atoms with Crippen molar-refractivity contribution >= 4 is 17.9 Å². The Morgan fingerprint density at radius 2 is 2.10 bits per heavy atom. The van der Waals surface area contributed by atoms with Crippen molar-refractivity contribution in [1.29, 1.82) is 0 Å². The molecule has 2 aliphatic rings. The molecule has 0 unspecified atom stereocenters. The Bertz CT molecular complexity index is 605. The fourth-order valence-corrected chi connectivity index (χ4v) is 2.87. The zero-order chi connectivity index (χ0) is 15.1. The first kappa shape index (κ1) is 13.7. The highest BCUT2D eigenvalue weighted by molar-refractivity contribution is 5.99. The molecule has 7 nitrogen and oxygen atoms in total. The van der Waals surface area contributed by atoms with Crippen LogP contribution in [0.3, 0.4) is 0 Å². The van der Waals surface area contributed by atoms with Crippen LogP contribution in [0.25, 0.3) is 0 Å². The largest absolute Gasteiger partial charge is 0.466 e. The van der Waals surface area contributed by atoms with Crippen molar-refractivity contribution in [3.05, 3.63) is 23.2 Å². The van der Waals surface area contributed by atoms with Gasteiger partial charge in [-0.05, 0) is 26.3 Å². The summed E-state index contributed by atoms with van der Waals surface area (Å²) in [6, 6.07) is 1.41. The highest BCUT2D eigenvalue weighted by Gasteiger charge is 2.41. The maximum atomic E-state index is 12.5. The van der Waals surface area contributed by atoms with Gasteiger partial charge in [-0.1, -0.05) is 0 Å². The summed E-state index contributed by atoms with van der Waals surface area (Å²) in [4.78, 5) is 38.4. The summed E-state index contributed by atoms with van der Waals surface area (Å²) in [5, 5.41) is 0. The third-order valence-corrected chi connectivity index (χ3v) is 3.87. The summed E-state index contributed by atoms with van der Waals surface area (Å²) in [7, 11) is 0. The lowest BCUT2D eigenvalue weighted by atomic mass is 10.2. The van der Waals surface area contributed by atoms with E-state index in [0.29, 0.717) is 36.6 Å². The second kappa shape index (κ2) is 4.91. The molecule has 21 heavy (non-hydrogen) atoms. The summed E-state index contributed by atoms with van der Waals surface area (Å²) in [5.41, 5.74) is 0.531. The average Bonchev–Trinajstić information content (AvgIpc) is 3.10. The second-order valence-corrected chi connectivity index (χ2v) is 5.34. The highest BCUT2D eigenvalue weighted by atomic mass is 16.6. The van der Waals surface area contributed by atoms with E-state index < -0.39 is 6.09 Å². The maximum Gasteiger partial charge on any atom is 0.417 e. The molecule has 0 aliphatic carbocycles. The summed E-state index contributed by atoms with van der Waals surface area (Å²) < 4.78 is 10.1. The molecule has 2 saturated heterocycles. The number of cyclic esters (lactones) is 1. The number of nitrogens with zero attached hydrogens (tertiary/aromatic N) is 2. The van der Waals surface area contributed by atoms with E-state index in [2.05, 4.69) is 0 Å². The van der Waals surface area contributed by atoms with Gasteiger partial charge in [-0.25, -0.2) is 9.69 Å². The zero-order valence-corrected chi connectivity index (χ0v) is 11.9. The number of hydrogen-bond acceptors (Lipinski definition) is 5. The van der Waals surface area contributed by atoms with Gasteiger partial charge in [0.2, 0.25) is 0 Å². The van der Waals surface area contributed by atoms with Crippen molar-refractivity contribution in [3.8, 4) is 0 Å². The van der Waals surface area contributed by atoms with Gasteiger partial charge in [-0.15, -0.1) is 0 Å². The van der Waals surface area contributed by atoms with Crippen molar-refractivity contribution in [1.82, 2.24) is 9.80 Å². The van der Waals surface area contributed by atoms with Crippen LogP contribution in [0.5, 0.6) is 0 Å². The fourth-order valence-electron chi connectivity index (χ4n) is 2.87. The highest BCUT2D eigenvalue weighted by Crippen LogP contribution is 2.23. The molecule has 112 valence electrons. The molecule has 0 spiro atoms. The van der Waals surface area contributed by atoms with Gasteiger partial charge in [-0.3, -0.25) is 9.59 Å². The molecule has 2 fully saturated rings. The number of carbonyl (C=O) groups is 3. The van der Waals surface area contributed by atoms with Crippen LogP contribution < -0.4 is 0 Å². The SMILES string of the molecule is Cc1cc(C(=O)N2CC[C@H](N3C(=O)COC3=O)C2)c(C)o1. The number of rotatable bonds is 2. The fraction of sp³-hybridized carbons (Fsp3) is 0.500. The number of hydrogen-bond donors (Lipinski definition) is 0. The van der Waals surface area contributed by atoms with Gasteiger partial charge in [0.1, 0.15) is 11.5 Å². The summed E-state index contributed by atoms with van der Waals surface area (Å²) >= 11 is 0. The third kappa shape index (κ3) is 2.28. The lowest BCUT2D eigenvalue weighted by Crippen LogP contribution is -2.42. The van der Waals surface area contributed by atoms with E-state index in [1.165, 1.54) is 0 Å². The molecule has 3 heterocycles. The Kier molecular flexibility index (Phi) is 3.19. The Labute approximate surface area is 121 Å². The van der Waals surface area contributed by atoms with E-state index in [1.807, 2.05) is 0 Å². The monoisotopic (exact) mass is 292 g/mol. The van der Waals surface area contributed by atoms with Gasteiger partial charge in [-0.2, -0.15) is 0 Å². The molecule has 0 saturated carbocycles. The van der Waals surface area contributed by atoms with Crippen LogP contribution in [0, 0.1) is 13.8 Å². The summed E-state index contributed by atoms with van der Waals surface area (Å²) in [6.07, 6.45) is -0.0442. The topological polar surface area (TPSA) is 80.1 Å². The molecule has 1 aromatic heterocycles. The first-order chi connectivity index (χ1) is 9.97. The van der Waals surface area contributed by atoms with Crippen LogP contribution in [0.1, 0.15) is 28.3 Å². The lowest BCUT2D eigenvalue weighted by Gasteiger charge is -2.20. The molecular weight excluding hydrogens is 276 g/mol. The molecule has 1 atom stereocenters. The summed E-state index contributed by atoms with van der Waals surface area (Å²) in [6.45, 7) is 4.17. The number of carbonyl (C=O) groups excluding carboxylic acids is 3. The molecule has 1 aromatic rings. The molecule has 0 radical (unpaired) electrons. The smallest absolute Gasteiger partial charge is 0.417 e. The van der Waals surface area contributed by atoms with E-state index in [9.17, 15) is 14.4 Å². The molecule has 0 bridgehead atoms. The van der Waals surface area contributed by atoms with Crippen molar-refractivity contribution in [2.75, 3.05) is 19.7 Å². The van der Waals surface area contributed by atoms with E-state index in [1.54, 1.807) is 24.8 Å². The number of furan rings is 1. The van der Waals surface area contributed by atoms with E-state index >= 15 is 0 Å². The molecule has 3 rings (SSSR count). The second-order valence-electron chi connectivity index (χ2n) is 5.34. The molecular formula is C14H16N2O5. The van der Waals surface area contributed by atoms with Crippen LogP contribution >= 0.6 is 0 Å². The Morgan fingerprint density at radius 1 is 1.33 bits per heavy atom. The first-order valence-electron chi connectivity index (χ1n) is 6.82. The predicted octanol–water partition coefficient (Wildman–Crippen LogP) is 1.09. The minimum atomic E-state index is -0.616. The van der Waals surface area contributed by atoms with Gasteiger partial charge in [0.05, 0.1) is 11.6 Å². The van der Waals surface area contributed by atoms with Gasteiger partial charge in [0.25, 0.3) is 11.8 Å². The first-order valence-corrected chi connectivity index (χ1v) is 6.82. The van der Waals surface area contributed by atoms with E-state index in [4.69, 9.17) is 9.15 Å². The number of likely N-dealkylation sites (tertiary alicyclic amines) is 1. The van der Waals surface area contributed by atoms with Crippen LogP contribution in [0.15, 0.2) is 10.5 Å². The standard InChI is InChI=1S/C14H16N2O5/c1-8-5-11(9(2)21-8)13(18)15-4-3-10(6-15)16-12(17)7-20-14(16)19/h5,10H,3-4,6-7H2,1-2H3/t10-/m0/s1. The van der Waals surface area contributed by atoms with Crippen molar-refractivity contribution < 1.29 is 23.5 Å². The zero-order valence-electron chi connectivity index (χ0n) is 11.9. The van der Waals surface area contributed by atoms with Crippen molar-refractivity contribution in [3.63, 3.8) is 0 Å². The Hall–Kier alpha value is -2.31. The molecule has 0 N–H and O–H groups in total. The van der Waals surface area contributed by atoms with Crippen LogP contribution in [-0.2, 0) is 9.53 Å². The average molecular weight is 292 g/mol. The van der Waals surface area contributed by atoms with Crippen LogP contribution in [0.2, 0.25) is 0 Å². The maximum absolute atomic E-state index is 12.5. The van der Waals surface area contributed by atoms with E-state index in [0.717, 1.165) is 4.90 Å². The third-order valence-electron chi connectivity index (χ3n) is 3.87. The predicted molar refractivity (Wildman–Crippen MR) is 70.7 cm³/mol. The van der Waals surface area contributed by atoms with E-state index in [-0.39, 0.29) is 24.5 Å². The lowest BCUT2D eigenvalue weighted by molar-refractivity contribution is -0.127.